The first-order chi connectivity index (χ1) is 13.5. The summed E-state index contributed by atoms with van der Waals surface area (Å²) in [5.74, 6) is 0.980. The summed E-state index contributed by atoms with van der Waals surface area (Å²) in [6.07, 6.45) is 7.46. The molecule has 6 nitrogen and oxygen atoms in total. The highest BCUT2D eigenvalue weighted by molar-refractivity contribution is 6.50. The second-order valence-corrected chi connectivity index (χ2v) is 7.35. The zero-order chi connectivity index (χ0) is 21.9. The number of non-ortho nitro benzene ring substituents is 1. The Balaban J connectivity index is 0.000000749. The van der Waals surface area contributed by atoms with E-state index in [0.717, 1.165) is 12.8 Å². The van der Waals surface area contributed by atoms with E-state index >= 15 is 0 Å². The van der Waals surface area contributed by atoms with Crippen LogP contribution >= 0.6 is 0 Å². The fourth-order valence-corrected chi connectivity index (χ4v) is 3.34. The molecule has 0 N–H and O–H groups in total. The maximum atomic E-state index is 10.8. The topological polar surface area (TPSA) is 61.6 Å². The first-order valence-electron chi connectivity index (χ1n) is 9.70. The maximum Gasteiger partial charge on any atom is 0.673 e. The molecule has 2 rings (SSSR count). The third-order valence-electron chi connectivity index (χ3n) is 4.85. The van der Waals surface area contributed by atoms with Crippen molar-refractivity contribution < 1.29 is 36.1 Å². The molecule has 0 saturated carbocycles. The van der Waals surface area contributed by atoms with E-state index in [2.05, 4.69) is 7.05 Å². The average Bonchev–Trinajstić information content (AvgIpc) is 2.63. The van der Waals surface area contributed by atoms with Crippen molar-refractivity contribution >= 4 is 12.9 Å². The highest BCUT2D eigenvalue weighted by atomic mass is 19.5. The molecule has 0 bridgehead atoms. The minimum Gasteiger partial charge on any atom is -0.493 e. The Labute approximate surface area is 168 Å². The molecule has 29 heavy (non-hydrogen) atoms. The van der Waals surface area contributed by atoms with Crippen LogP contribution in [0.3, 0.4) is 0 Å². The molecule has 11 heteroatoms. The number of piperidine rings is 1. The molecule has 0 aliphatic carbocycles. The van der Waals surface area contributed by atoms with Crippen LogP contribution in [0.2, 0.25) is 0 Å². The van der Waals surface area contributed by atoms with Gasteiger partial charge >= 0.3 is 7.25 Å². The summed E-state index contributed by atoms with van der Waals surface area (Å²) in [7, 11) is -2.13. The second kappa shape index (κ2) is 11.8. The van der Waals surface area contributed by atoms with Crippen LogP contribution < -0.4 is 9.47 Å². The first-order valence-corrected chi connectivity index (χ1v) is 9.70. The summed E-state index contributed by atoms with van der Waals surface area (Å²) in [5, 5.41) is 10.8. The Morgan fingerprint density at radius 3 is 2.24 bits per heavy atom. The predicted octanol–water partition coefficient (Wildman–Crippen LogP) is 5.08. The second-order valence-electron chi connectivity index (χ2n) is 7.35. The molecule has 0 aromatic heterocycles. The van der Waals surface area contributed by atoms with Gasteiger partial charge in [-0.1, -0.05) is 0 Å². The number of unbranched alkanes of at least 4 members (excludes halogenated alkanes) is 2. The minimum absolute atomic E-state index is 0.0118. The molecule has 166 valence electrons. The summed E-state index contributed by atoms with van der Waals surface area (Å²) in [4.78, 5) is 10.3. The number of likely N-dealkylation sites (tertiary alicyclic amines) is 1. The highest BCUT2D eigenvalue weighted by Gasteiger charge is 2.23. The van der Waals surface area contributed by atoms with Crippen molar-refractivity contribution in [2.45, 2.75) is 38.5 Å². The van der Waals surface area contributed by atoms with Crippen molar-refractivity contribution in [2.75, 3.05) is 40.4 Å². The highest BCUT2D eigenvalue weighted by Crippen LogP contribution is 2.31. The Morgan fingerprint density at radius 2 is 1.69 bits per heavy atom. The Kier molecular flexibility index (Phi) is 10.2. The summed E-state index contributed by atoms with van der Waals surface area (Å²) < 4.78 is 51.1. The molecule has 0 atom stereocenters. The van der Waals surface area contributed by atoms with Gasteiger partial charge in [0.15, 0.2) is 11.5 Å². The van der Waals surface area contributed by atoms with Gasteiger partial charge in [0.2, 0.25) is 0 Å². The third kappa shape index (κ3) is 10.9. The summed E-state index contributed by atoms with van der Waals surface area (Å²) in [6, 6.07) is 4.45. The van der Waals surface area contributed by atoms with Gasteiger partial charge in [0.1, 0.15) is 0 Å². The van der Waals surface area contributed by atoms with Crippen LogP contribution in [0.1, 0.15) is 38.5 Å². The van der Waals surface area contributed by atoms with Crippen molar-refractivity contribution in [3.05, 3.63) is 28.3 Å². The van der Waals surface area contributed by atoms with E-state index in [-0.39, 0.29) is 5.69 Å². The SMILES string of the molecule is COc1cc([N+](=O)[O-])ccc1OCCCCC[N+]1(C)CCCCC1.F[B-](F)(F)F. The van der Waals surface area contributed by atoms with E-state index in [1.165, 1.54) is 69.0 Å². The third-order valence-corrected chi connectivity index (χ3v) is 4.85. The number of hydrogen-bond donors (Lipinski definition) is 0. The van der Waals surface area contributed by atoms with Gasteiger partial charge in [0, 0.05) is 6.07 Å². The molecule has 0 unspecified atom stereocenters. The van der Waals surface area contributed by atoms with Crippen LogP contribution in [-0.2, 0) is 0 Å². The van der Waals surface area contributed by atoms with E-state index in [0.29, 0.717) is 18.1 Å². The monoisotopic (exact) mass is 424 g/mol. The number of nitro groups is 1. The fourth-order valence-electron chi connectivity index (χ4n) is 3.34. The van der Waals surface area contributed by atoms with Crippen LogP contribution in [0.4, 0.5) is 23.0 Å². The molecular weight excluding hydrogens is 395 g/mol. The van der Waals surface area contributed by atoms with Gasteiger partial charge in [-0.25, -0.2) is 0 Å². The van der Waals surface area contributed by atoms with Gasteiger partial charge in [0.25, 0.3) is 5.69 Å². The van der Waals surface area contributed by atoms with E-state index in [9.17, 15) is 27.4 Å². The van der Waals surface area contributed by atoms with Crippen LogP contribution in [0, 0.1) is 10.1 Å². The first kappa shape index (κ1) is 25.0. The lowest BCUT2D eigenvalue weighted by Gasteiger charge is -2.37. The van der Waals surface area contributed by atoms with Gasteiger partial charge in [0.05, 0.1) is 51.4 Å². The predicted molar refractivity (Wildman–Crippen MR) is 104 cm³/mol. The quantitative estimate of drug-likeness (QED) is 0.139. The molecule has 1 heterocycles. The smallest absolute Gasteiger partial charge is 0.493 e. The average molecular weight is 424 g/mol. The summed E-state index contributed by atoms with van der Waals surface area (Å²) in [6.45, 7) is 4.49. The number of benzene rings is 1. The molecule has 1 saturated heterocycles. The minimum atomic E-state index is -6.00. The molecule has 1 aromatic carbocycles. The lowest BCUT2D eigenvalue weighted by atomic mass is 10.1. The molecule has 1 aromatic rings. The molecule has 0 spiro atoms. The summed E-state index contributed by atoms with van der Waals surface area (Å²) in [5.41, 5.74) is 0.0118. The van der Waals surface area contributed by atoms with Crippen molar-refractivity contribution in [3.63, 3.8) is 0 Å². The Bertz CT molecular complexity index is 635. The molecule has 0 amide bonds. The largest absolute Gasteiger partial charge is 0.673 e. The number of methoxy groups -OCH3 is 1. The normalized spacial score (nSPS) is 15.8. The van der Waals surface area contributed by atoms with Crippen molar-refractivity contribution in [1.29, 1.82) is 0 Å². The zero-order valence-electron chi connectivity index (χ0n) is 16.9. The number of rotatable bonds is 9. The van der Waals surface area contributed by atoms with Crippen molar-refractivity contribution in [1.82, 2.24) is 0 Å². The van der Waals surface area contributed by atoms with Crippen LogP contribution in [-0.4, -0.2) is 57.1 Å². The van der Waals surface area contributed by atoms with Crippen LogP contribution in [0.5, 0.6) is 11.5 Å². The van der Waals surface area contributed by atoms with Gasteiger partial charge in [-0.15, -0.1) is 0 Å². The Morgan fingerprint density at radius 1 is 1.07 bits per heavy atom. The van der Waals surface area contributed by atoms with Gasteiger partial charge in [-0.3, -0.25) is 10.1 Å². The standard InChI is InChI=1S/C18H29N2O4.BF4/c1-20(11-5-3-6-12-20)13-7-4-8-14-24-17-10-9-16(19(21)22)15-18(17)23-2;2-1(3,4)5/h9-10,15H,3-8,11-14H2,1-2H3;/q+1;-1. The van der Waals surface area contributed by atoms with Gasteiger partial charge in [-0.05, 0) is 44.6 Å². The van der Waals surface area contributed by atoms with Crippen molar-refractivity contribution in [2.24, 2.45) is 0 Å². The number of nitrogens with zero attached hydrogens (tertiary/aromatic N) is 2. The van der Waals surface area contributed by atoms with Crippen molar-refractivity contribution in [3.8, 4) is 11.5 Å². The molecule has 0 radical (unpaired) electrons. The molecule has 1 aliphatic heterocycles. The van der Waals surface area contributed by atoms with E-state index in [1.54, 1.807) is 6.07 Å². The molecular formula is C18H29BF4N2O4. The molecule has 1 aliphatic rings. The molecule has 1 fully saturated rings. The lowest BCUT2D eigenvalue weighted by Crippen LogP contribution is -2.48. The van der Waals surface area contributed by atoms with Crippen LogP contribution in [0.25, 0.3) is 0 Å². The van der Waals surface area contributed by atoms with Gasteiger partial charge < -0.3 is 31.2 Å². The van der Waals surface area contributed by atoms with E-state index in [1.807, 2.05) is 0 Å². The lowest BCUT2D eigenvalue weighted by molar-refractivity contribution is -0.914. The fraction of sp³-hybridized carbons (Fsp3) is 0.667. The zero-order valence-corrected chi connectivity index (χ0v) is 16.9. The Hall–Kier alpha value is -2.04. The van der Waals surface area contributed by atoms with E-state index in [4.69, 9.17) is 9.47 Å². The number of ether oxygens (including phenoxy) is 2. The number of nitro benzene ring substituents is 1. The van der Waals surface area contributed by atoms with E-state index < -0.39 is 12.2 Å². The summed E-state index contributed by atoms with van der Waals surface area (Å²) >= 11 is 0. The van der Waals surface area contributed by atoms with Gasteiger partial charge in [-0.2, -0.15) is 0 Å². The number of quaternary nitrogens is 1. The number of hydrogen-bond acceptors (Lipinski definition) is 4. The van der Waals surface area contributed by atoms with Crippen LogP contribution in [0.15, 0.2) is 18.2 Å². The number of halogens is 4. The maximum absolute atomic E-state index is 10.8.